The van der Waals surface area contributed by atoms with Crippen molar-refractivity contribution in [3.8, 4) is 0 Å². The Morgan fingerprint density at radius 1 is 0.865 bits per heavy atom. The van der Waals surface area contributed by atoms with Crippen LogP contribution in [0.1, 0.15) is 94.4 Å². The van der Waals surface area contributed by atoms with Gasteiger partial charge in [-0.25, -0.2) is 0 Å². The molecule has 2 aliphatic rings. The van der Waals surface area contributed by atoms with E-state index in [0.29, 0.717) is 13.1 Å². The Labute approximate surface area is 217 Å². The molecule has 1 N–H and O–H groups in total. The van der Waals surface area contributed by atoms with E-state index >= 15 is 0 Å². The summed E-state index contributed by atoms with van der Waals surface area (Å²) in [6.07, 6.45) is 13.8. The van der Waals surface area contributed by atoms with Crippen LogP contribution in [0, 0.1) is 6.92 Å². The molecule has 1 saturated carbocycles. The van der Waals surface area contributed by atoms with Gasteiger partial charge in [-0.2, -0.15) is 0 Å². The molecule has 1 aliphatic carbocycles. The number of benzene rings is 1. The van der Waals surface area contributed by atoms with Gasteiger partial charge < -0.3 is 14.8 Å². The first-order valence-corrected chi connectivity index (χ1v) is 13.3. The van der Waals surface area contributed by atoms with Crippen molar-refractivity contribution in [2.24, 2.45) is 0 Å². The van der Waals surface area contributed by atoms with Crippen molar-refractivity contribution in [3.63, 3.8) is 0 Å². The number of rotatable bonds is 6. The van der Waals surface area contributed by atoms with Gasteiger partial charge in [0.2, 0.25) is 5.43 Å². The Morgan fingerprint density at radius 3 is 2.16 bits per heavy atom. The lowest BCUT2D eigenvalue weighted by Crippen LogP contribution is -2.40. The quantitative estimate of drug-likeness (QED) is 0.529. The van der Waals surface area contributed by atoms with E-state index in [1.807, 2.05) is 47.9 Å². The minimum atomic E-state index is -0.500. The molecule has 1 aromatic carbocycles. The predicted molar refractivity (Wildman–Crippen MR) is 143 cm³/mol. The largest absolute Gasteiger partial charge is 0.349 e. The molecule has 5 rings (SSSR count). The van der Waals surface area contributed by atoms with E-state index in [0.717, 1.165) is 61.6 Å². The van der Waals surface area contributed by atoms with Crippen LogP contribution in [0.2, 0.25) is 0 Å². The maximum absolute atomic E-state index is 13.7. The lowest BCUT2D eigenvalue weighted by Gasteiger charge is -2.27. The molecule has 2 amide bonds. The van der Waals surface area contributed by atoms with Crippen LogP contribution in [0.15, 0.2) is 66.0 Å². The lowest BCUT2D eigenvalue weighted by molar-refractivity contribution is 0.0722. The van der Waals surface area contributed by atoms with Crippen LogP contribution in [0.25, 0.3) is 0 Å². The first-order valence-electron chi connectivity index (χ1n) is 13.3. The van der Waals surface area contributed by atoms with Gasteiger partial charge in [-0.05, 0) is 62.3 Å². The minimum Gasteiger partial charge on any atom is -0.349 e. The molecule has 3 heterocycles. The van der Waals surface area contributed by atoms with Gasteiger partial charge in [0.1, 0.15) is 11.1 Å². The van der Waals surface area contributed by atoms with Crippen LogP contribution in [-0.2, 0) is 0 Å². The van der Waals surface area contributed by atoms with Crippen molar-refractivity contribution >= 4 is 11.8 Å². The summed E-state index contributed by atoms with van der Waals surface area (Å²) in [6.45, 7) is 3.31. The fourth-order valence-electron chi connectivity index (χ4n) is 5.48. The van der Waals surface area contributed by atoms with Crippen molar-refractivity contribution in [1.82, 2.24) is 19.8 Å². The third kappa shape index (κ3) is 5.50. The molecule has 1 saturated heterocycles. The highest BCUT2D eigenvalue weighted by molar-refractivity contribution is 5.99. The molecule has 0 bridgehead atoms. The number of aryl methyl sites for hydroxylation is 1. The molecule has 1 atom stereocenters. The molecule has 1 aliphatic heterocycles. The number of nitrogens with zero attached hydrogens (tertiary/aromatic N) is 3. The number of carbonyl (C=O) groups excluding carboxylic acids is 2. The number of amides is 2. The van der Waals surface area contributed by atoms with E-state index in [4.69, 9.17) is 0 Å². The Kier molecular flexibility index (Phi) is 7.49. The normalized spacial score (nSPS) is 16.9. The zero-order valence-electron chi connectivity index (χ0n) is 21.4. The van der Waals surface area contributed by atoms with Gasteiger partial charge in [-0.15, -0.1) is 0 Å². The highest BCUT2D eigenvalue weighted by atomic mass is 16.2. The van der Waals surface area contributed by atoms with Crippen molar-refractivity contribution in [3.05, 3.63) is 99.2 Å². The van der Waals surface area contributed by atoms with E-state index < -0.39 is 17.4 Å². The van der Waals surface area contributed by atoms with E-state index in [1.165, 1.54) is 0 Å². The number of pyridine rings is 2. The Balaban J connectivity index is 1.53. The van der Waals surface area contributed by atoms with Gasteiger partial charge >= 0.3 is 0 Å². The summed E-state index contributed by atoms with van der Waals surface area (Å²) >= 11 is 0. The summed E-state index contributed by atoms with van der Waals surface area (Å²) in [5, 5.41) is 3.08. The van der Waals surface area contributed by atoms with E-state index in [2.05, 4.69) is 10.3 Å². The van der Waals surface area contributed by atoms with Crippen LogP contribution in [-0.4, -0.2) is 39.4 Å². The summed E-state index contributed by atoms with van der Waals surface area (Å²) in [5.74, 6) is -0.747. The highest BCUT2D eigenvalue weighted by Gasteiger charge is 2.28. The smallest absolute Gasteiger partial charge is 0.259 e. The van der Waals surface area contributed by atoms with E-state index in [1.54, 1.807) is 29.7 Å². The molecule has 0 unspecified atom stereocenters. The highest BCUT2D eigenvalue weighted by Crippen LogP contribution is 2.30. The second-order valence-electron chi connectivity index (χ2n) is 10.3. The van der Waals surface area contributed by atoms with E-state index in [9.17, 15) is 14.4 Å². The third-order valence-electron chi connectivity index (χ3n) is 7.64. The molecular formula is C30H34N4O3. The Bertz CT molecular complexity index is 1300. The average Bonchev–Trinajstić information content (AvgIpc) is 3.48. The average molecular weight is 499 g/mol. The number of hydrogen-bond acceptors (Lipinski definition) is 4. The number of nitrogens with one attached hydrogen (secondary N) is 1. The monoisotopic (exact) mass is 498 g/mol. The molecule has 3 aromatic rings. The fourth-order valence-corrected chi connectivity index (χ4v) is 5.48. The van der Waals surface area contributed by atoms with Gasteiger partial charge in [-0.1, -0.05) is 42.7 Å². The second-order valence-corrected chi connectivity index (χ2v) is 10.3. The maximum Gasteiger partial charge on any atom is 0.259 e. The van der Waals surface area contributed by atoms with E-state index in [-0.39, 0.29) is 23.1 Å². The Hall–Kier alpha value is -3.74. The minimum absolute atomic E-state index is 0.0147. The molecule has 37 heavy (non-hydrogen) atoms. The van der Waals surface area contributed by atoms with Crippen LogP contribution in [0.5, 0.6) is 0 Å². The number of aromatic nitrogens is 2. The van der Waals surface area contributed by atoms with Crippen LogP contribution in [0.4, 0.5) is 0 Å². The summed E-state index contributed by atoms with van der Waals surface area (Å²) in [7, 11) is 0. The zero-order chi connectivity index (χ0) is 25.8. The molecule has 2 aromatic heterocycles. The number of carbonyl (C=O) groups is 2. The van der Waals surface area contributed by atoms with Crippen molar-refractivity contribution in [1.29, 1.82) is 0 Å². The molecule has 2 fully saturated rings. The fraction of sp³-hybridized carbons (Fsp3) is 0.400. The molecular weight excluding hydrogens is 464 g/mol. The first-order chi connectivity index (χ1) is 18.0. The molecule has 7 heteroatoms. The van der Waals surface area contributed by atoms with Crippen LogP contribution >= 0.6 is 0 Å². The van der Waals surface area contributed by atoms with Gasteiger partial charge in [-0.3, -0.25) is 19.4 Å². The summed E-state index contributed by atoms with van der Waals surface area (Å²) in [4.78, 5) is 46.7. The van der Waals surface area contributed by atoms with Crippen molar-refractivity contribution < 1.29 is 9.59 Å². The van der Waals surface area contributed by atoms with Crippen LogP contribution < -0.4 is 10.7 Å². The molecule has 7 nitrogen and oxygen atoms in total. The first kappa shape index (κ1) is 24.9. The molecule has 0 radical (unpaired) electrons. The molecule has 192 valence electrons. The van der Waals surface area contributed by atoms with Gasteiger partial charge in [0.25, 0.3) is 11.8 Å². The van der Waals surface area contributed by atoms with Crippen molar-refractivity contribution in [2.45, 2.75) is 64.0 Å². The summed E-state index contributed by atoms with van der Waals surface area (Å²) in [6, 6.07) is 11.4. The lowest BCUT2D eigenvalue weighted by atomic mass is 9.98. The van der Waals surface area contributed by atoms with Crippen LogP contribution in [0.3, 0.4) is 0 Å². The number of likely N-dealkylation sites (tertiary alicyclic amines) is 1. The zero-order valence-corrected chi connectivity index (χ0v) is 21.4. The van der Waals surface area contributed by atoms with Gasteiger partial charge in [0.05, 0.1) is 6.04 Å². The number of hydrogen-bond donors (Lipinski definition) is 1. The second kappa shape index (κ2) is 11.1. The third-order valence-corrected chi connectivity index (χ3v) is 7.64. The maximum atomic E-state index is 13.7. The van der Waals surface area contributed by atoms with Crippen molar-refractivity contribution in [2.75, 3.05) is 13.1 Å². The Morgan fingerprint density at radius 2 is 1.49 bits per heavy atom. The summed E-state index contributed by atoms with van der Waals surface area (Å²) in [5.41, 5.74) is 2.50. The molecule has 0 spiro atoms. The van der Waals surface area contributed by atoms with Gasteiger partial charge in [0, 0.05) is 43.9 Å². The number of piperidine rings is 1. The predicted octanol–water partition coefficient (Wildman–Crippen LogP) is 4.81. The van der Waals surface area contributed by atoms with Gasteiger partial charge in [0.15, 0.2) is 0 Å². The SMILES string of the molecule is Cc1ccc([C@@H](NC(=O)c2cn(C3CCCC3)cc(C(=O)N3CCCCC3)c2=O)c2ccncc2)cc1. The topological polar surface area (TPSA) is 84.3 Å². The standard InChI is InChI=1S/C30H34N4O3/c1-21-9-11-22(12-10-21)27(23-13-15-31-16-14-23)32-29(36)25-19-34(24-7-3-4-8-24)20-26(28(25)35)30(37)33-17-5-2-6-18-33/h9-16,19-20,24,27H,2-8,17-18H2,1H3,(H,32,36)/t27-/m1/s1. The summed E-state index contributed by atoms with van der Waals surface area (Å²) < 4.78 is 1.94.